The second-order valence-electron chi connectivity index (χ2n) is 4.28. The van der Waals surface area contributed by atoms with E-state index in [2.05, 4.69) is 0 Å². The summed E-state index contributed by atoms with van der Waals surface area (Å²) < 4.78 is 0. The molecule has 5 heteroatoms. The maximum Gasteiger partial charge on any atom is 0.223 e. The SMILES string of the molecule is CC(=O)N1CCC(N)Cc2c(Cl)ccc(Cl)c21. The van der Waals surface area contributed by atoms with Crippen molar-refractivity contribution in [2.45, 2.75) is 25.8 Å². The van der Waals surface area contributed by atoms with Crippen LogP contribution >= 0.6 is 23.2 Å². The lowest BCUT2D eigenvalue weighted by Crippen LogP contribution is -2.31. The molecule has 1 atom stereocenters. The fraction of sp³-hybridized carbons (Fsp3) is 0.417. The van der Waals surface area contributed by atoms with E-state index in [-0.39, 0.29) is 11.9 Å². The Morgan fingerprint density at radius 2 is 2.06 bits per heavy atom. The highest BCUT2D eigenvalue weighted by Gasteiger charge is 2.25. The highest BCUT2D eigenvalue weighted by Crippen LogP contribution is 2.37. The molecule has 1 unspecified atom stereocenters. The average molecular weight is 273 g/mol. The van der Waals surface area contributed by atoms with Gasteiger partial charge in [-0.15, -0.1) is 0 Å². The standard InChI is InChI=1S/C12H14Cl2N2O/c1-7(17)16-5-4-8(15)6-9-10(13)2-3-11(14)12(9)16/h2-3,8H,4-6,15H2,1H3. The molecule has 0 bridgehead atoms. The number of hydrogen-bond donors (Lipinski definition) is 1. The zero-order valence-corrected chi connectivity index (χ0v) is 11.1. The number of benzene rings is 1. The molecule has 92 valence electrons. The number of nitrogens with zero attached hydrogens (tertiary/aromatic N) is 1. The number of anilines is 1. The Kier molecular flexibility index (Phi) is 3.61. The molecule has 1 aromatic carbocycles. The van der Waals surface area contributed by atoms with E-state index in [1.807, 2.05) is 0 Å². The summed E-state index contributed by atoms with van der Waals surface area (Å²) in [6.07, 6.45) is 1.40. The number of fused-ring (bicyclic) bond motifs is 1. The summed E-state index contributed by atoms with van der Waals surface area (Å²) in [7, 11) is 0. The van der Waals surface area contributed by atoms with E-state index in [0.717, 1.165) is 17.7 Å². The van der Waals surface area contributed by atoms with Gasteiger partial charge in [0.15, 0.2) is 0 Å². The Balaban J connectivity index is 2.60. The van der Waals surface area contributed by atoms with Crippen LogP contribution in [0.5, 0.6) is 0 Å². The summed E-state index contributed by atoms with van der Waals surface area (Å²) >= 11 is 12.3. The molecular formula is C12H14Cl2N2O. The summed E-state index contributed by atoms with van der Waals surface area (Å²) in [6, 6.07) is 3.48. The highest BCUT2D eigenvalue weighted by molar-refractivity contribution is 6.36. The van der Waals surface area contributed by atoms with E-state index >= 15 is 0 Å². The minimum absolute atomic E-state index is 0.00840. The number of halogens is 2. The van der Waals surface area contributed by atoms with Crippen molar-refractivity contribution in [3.63, 3.8) is 0 Å². The van der Waals surface area contributed by atoms with Gasteiger partial charge in [-0.2, -0.15) is 0 Å². The predicted octanol–water partition coefficient (Wildman–Crippen LogP) is 2.62. The van der Waals surface area contributed by atoms with Crippen LogP contribution in [0.1, 0.15) is 18.9 Å². The molecule has 3 nitrogen and oxygen atoms in total. The maximum atomic E-state index is 11.7. The van der Waals surface area contributed by atoms with E-state index in [4.69, 9.17) is 28.9 Å². The van der Waals surface area contributed by atoms with Crippen molar-refractivity contribution in [2.24, 2.45) is 5.73 Å². The monoisotopic (exact) mass is 272 g/mol. The molecule has 0 saturated carbocycles. The van der Waals surface area contributed by atoms with Crippen LogP contribution in [-0.4, -0.2) is 18.5 Å². The van der Waals surface area contributed by atoms with E-state index in [1.54, 1.807) is 17.0 Å². The number of nitrogens with two attached hydrogens (primary N) is 1. The topological polar surface area (TPSA) is 46.3 Å². The largest absolute Gasteiger partial charge is 0.327 e. The molecule has 0 fully saturated rings. The van der Waals surface area contributed by atoms with Crippen LogP contribution in [0.2, 0.25) is 10.0 Å². The minimum Gasteiger partial charge on any atom is -0.327 e. The van der Waals surface area contributed by atoms with Crippen molar-refractivity contribution >= 4 is 34.8 Å². The summed E-state index contributed by atoms with van der Waals surface area (Å²) in [4.78, 5) is 13.3. The van der Waals surface area contributed by atoms with Gasteiger partial charge < -0.3 is 10.6 Å². The Morgan fingerprint density at radius 3 is 2.71 bits per heavy atom. The normalized spacial score (nSPS) is 19.8. The van der Waals surface area contributed by atoms with Crippen molar-refractivity contribution in [1.82, 2.24) is 0 Å². The van der Waals surface area contributed by atoms with E-state index in [0.29, 0.717) is 23.0 Å². The average Bonchev–Trinajstić information content (AvgIpc) is 2.43. The molecule has 1 aliphatic heterocycles. The van der Waals surface area contributed by atoms with Gasteiger partial charge in [-0.25, -0.2) is 0 Å². The molecule has 0 saturated heterocycles. The van der Waals surface area contributed by atoms with Crippen molar-refractivity contribution in [1.29, 1.82) is 0 Å². The van der Waals surface area contributed by atoms with E-state index in [1.165, 1.54) is 6.92 Å². The third-order valence-electron chi connectivity index (χ3n) is 3.02. The third-order valence-corrected chi connectivity index (χ3v) is 3.68. The smallest absolute Gasteiger partial charge is 0.223 e. The number of carbonyl (C=O) groups excluding carboxylic acids is 1. The number of hydrogen-bond acceptors (Lipinski definition) is 2. The molecule has 0 radical (unpaired) electrons. The van der Waals surface area contributed by atoms with Crippen molar-refractivity contribution in [3.8, 4) is 0 Å². The van der Waals surface area contributed by atoms with E-state index < -0.39 is 0 Å². The molecule has 17 heavy (non-hydrogen) atoms. The second kappa shape index (κ2) is 4.84. The van der Waals surface area contributed by atoms with Gasteiger partial charge in [-0.05, 0) is 30.5 Å². The molecule has 2 N–H and O–H groups in total. The molecule has 0 aromatic heterocycles. The molecule has 2 rings (SSSR count). The third kappa shape index (κ3) is 2.41. The maximum absolute atomic E-state index is 11.7. The molecule has 0 aliphatic carbocycles. The van der Waals surface area contributed by atoms with Crippen LogP contribution in [0.15, 0.2) is 12.1 Å². The summed E-state index contributed by atoms with van der Waals surface area (Å²) in [6.45, 7) is 2.11. The number of amides is 1. The quantitative estimate of drug-likeness (QED) is 0.789. The number of carbonyl (C=O) groups is 1. The lowest BCUT2D eigenvalue weighted by atomic mass is 10.0. The summed E-state index contributed by atoms with van der Waals surface area (Å²) in [5, 5.41) is 1.17. The fourth-order valence-corrected chi connectivity index (χ4v) is 2.66. The molecule has 1 amide bonds. The van der Waals surface area contributed by atoms with Crippen molar-refractivity contribution < 1.29 is 4.79 Å². The molecular weight excluding hydrogens is 259 g/mol. The Morgan fingerprint density at radius 1 is 1.41 bits per heavy atom. The first-order chi connectivity index (χ1) is 8.00. The highest BCUT2D eigenvalue weighted by atomic mass is 35.5. The van der Waals surface area contributed by atoms with E-state index in [9.17, 15) is 4.79 Å². The van der Waals surface area contributed by atoms with Gasteiger partial charge in [0.05, 0.1) is 10.7 Å². The fourth-order valence-electron chi connectivity index (χ4n) is 2.15. The first-order valence-electron chi connectivity index (χ1n) is 5.51. The van der Waals surface area contributed by atoms with Crippen molar-refractivity contribution in [3.05, 3.63) is 27.7 Å². The van der Waals surface area contributed by atoms with Gasteiger partial charge in [0.2, 0.25) is 5.91 Å². The van der Waals surface area contributed by atoms with Crippen LogP contribution in [0.4, 0.5) is 5.69 Å². The van der Waals surface area contributed by atoms with Gasteiger partial charge in [-0.1, -0.05) is 23.2 Å². The van der Waals surface area contributed by atoms with Crippen LogP contribution in [0.25, 0.3) is 0 Å². The summed E-state index contributed by atoms with van der Waals surface area (Å²) in [5.41, 5.74) is 7.59. The van der Waals surface area contributed by atoms with Gasteiger partial charge in [0.25, 0.3) is 0 Å². The van der Waals surface area contributed by atoms with Gasteiger partial charge in [0.1, 0.15) is 0 Å². The molecule has 1 aromatic rings. The van der Waals surface area contributed by atoms with Gasteiger partial charge in [0, 0.05) is 24.5 Å². The van der Waals surface area contributed by atoms with Crippen molar-refractivity contribution in [2.75, 3.05) is 11.4 Å². The molecule has 1 heterocycles. The zero-order chi connectivity index (χ0) is 12.6. The number of rotatable bonds is 0. The van der Waals surface area contributed by atoms with Crippen LogP contribution in [0, 0.1) is 0 Å². The van der Waals surface area contributed by atoms with Crippen LogP contribution in [-0.2, 0) is 11.2 Å². The van der Waals surface area contributed by atoms with Crippen LogP contribution in [0.3, 0.4) is 0 Å². The second-order valence-corrected chi connectivity index (χ2v) is 5.09. The minimum atomic E-state index is -0.0375. The Hall–Kier alpha value is -0.770. The lowest BCUT2D eigenvalue weighted by molar-refractivity contribution is -0.116. The van der Waals surface area contributed by atoms with Gasteiger partial charge >= 0.3 is 0 Å². The predicted molar refractivity (Wildman–Crippen MR) is 70.8 cm³/mol. The van der Waals surface area contributed by atoms with Gasteiger partial charge in [-0.3, -0.25) is 4.79 Å². The Labute approximate surface area is 110 Å². The zero-order valence-electron chi connectivity index (χ0n) is 9.54. The van der Waals surface area contributed by atoms with Crippen LogP contribution < -0.4 is 10.6 Å². The lowest BCUT2D eigenvalue weighted by Gasteiger charge is -2.22. The molecule has 0 spiro atoms. The first-order valence-corrected chi connectivity index (χ1v) is 6.27. The Bertz CT molecular complexity index is 462. The molecule has 1 aliphatic rings. The first kappa shape index (κ1) is 12.7. The summed E-state index contributed by atoms with van der Waals surface area (Å²) in [5.74, 6) is -0.0375.